The lowest BCUT2D eigenvalue weighted by atomic mass is 9.89. The zero-order valence-corrected chi connectivity index (χ0v) is 9.37. The zero-order chi connectivity index (χ0) is 14.1. The van der Waals surface area contributed by atoms with Gasteiger partial charge in [-0.25, -0.2) is 0 Å². The molecule has 0 atom stereocenters. The molecule has 8 heteroatoms. The third kappa shape index (κ3) is 3.26. The molecule has 0 spiro atoms. The summed E-state index contributed by atoms with van der Waals surface area (Å²) in [4.78, 5) is 11.0. The lowest BCUT2D eigenvalue weighted by Crippen LogP contribution is -2.54. The van der Waals surface area contributed by atoms with Crippen LogP contribution in [-0.2, 0) is 9.53 Å². The van der Waals surface area contributed by atoms with E-state index in [-0.39, 0.29) is 12.8 Å². The van der Waals surface area contributed by atoms with Gasteiger partial charge < -0.3 is 4.74 Å². The first kappa shape index (κ1) is 16.1. The highest BCUT2D eigenvalue weighted by Gasteiger charge is 2.73. The van der Waals surface area contributed by atoms with Gasteiger partial charge in [0.05, 0.1) is 6.61 Å². The molecule has 0 bridgehead atoms. The Hall–Kier alpha value is -0.950. The highest BCUT2D eigenvalue weighted by molar-refractivity contribution is 5.78. The Morgan fingerprint density at radius 3 is 1.65 bits per heavy atom. The van der Waals surface area contributed by atoms with Crippen LogP contribution < -0.4 is 0 Å². The third-order valence-electron chi connectivity index (χ3n) is 2.09. The molecule has 102 valence electrons. The number of ether oxygens (including phenoxy) is 1. The highest BCUT2D eigenvalue weighted by Crippen LogP contribution is 2.50. The number of rotatable bonds is 3. The predicted molar refractivity (Wildman–Crippen MR) is 46.0 cm³/mol. The highest BCUT2D eigenvalue weighted by atomic mass is 19.4. The van der Waals surface area contributed by atoms with Crippen molar-refractivity contribution in [2.75, 3.05) is 6.61 Å². The average molecular weight is 266 g/mol. The Balaban J connectivity index is 5.16. The Labute approximate surface area is 93.9 Å². The fourth-order valence-corrected chi connectivity index (χ4v) is 0.779. The zero-order valence-electron chi connectivity index (χ0n) is 9.37. The molecule has 0 aliphatic carbocycles. The topological polar surface area (TPSA) is 26.3 Å². The Kier molecular flexibility index (Phi) is 4.47. The first-order valence-electron chi connectivity index (χ1n) is 4.64. The van der Waals surface area contributed by atoms with E-state index < -0.39 is 30.3 Å². The average Bonchev–Trinajstić information content (AvgIpc) is 2.08. The van der Waals surface area contributed by atoms with Crippen LogP contribution in [0.15, 0.2) is 0 Å². The number of halogens is 6. The minimum absolute atomic E-state index is 0.227. The van der Waals surface area contributed by atoms with Gasteiger partial charge in [-0.15, -0.1) is 0 Å². The molecule has 2 nitrogen and oxygen atoms in total. The fraction of sp³-hybridized carbons (Fsp3) is 0.889. The molecule has 0 aliphatic rings. The van der Waals surface area contributed by atoms with Gasteiger partial charge in [0, 0.05) is 0 Å². The first-order chi connectivity index (χ1) is 7.34. The van der Waals surface area contributed by atoms with E-state index in [1.54, 1.807) is 0 Å². The van der Waals surface area contributed by atoms with Crippen LogP contribution in [0.2, 0.25) is 0 Å². The second-order valence-corrected chi connectivity index (χ2v) is 4.11. The van der Waals surface area contributed by atoms with Gasteiger partial charge in [0.15, 0.2) is 0 Å². The molecule has 0 aromatic heterocycles. The molecule has 0 unspecified atom stereocenters. The van der Waals surface area contributed by atoms with Gasteiger partial charge in [0.1, 0.15) is 0 Å². The molecule has 0 heterocycles. The molecule has 0 aromatic carbocycles. The molecule has 0 saturated carbocycles. The smallest absolute Gasteiger partial charge is 0.413 e. The second-order valence-electron chi connectivity index (χ2n) is 4.11. The molecule has 0 aromatic rings. The van der Waals surface area contributed by atoms with Crippen molar-refractivity contribution in [2.45, 2.75) is 33.1 Å². The first-order valence-corrected chi connectivity index (χ1v) is 4.64. The van der Waals surface area contributed by atoms with Crippen molar-refractivity contribution >= 4 is 5.97 Å². The maximum Gasteiger partial charge on any atom is 0.413 e. The number of carbonyl (C=O) groups is 1. The van der Waals surface area contributed by atoms with E-state index >= 15 is 0 Å². The van der Waals surface area contributed by atoms with Crippen molar-refractivity contribution in [3.63, 3.8) is 0 Å². The van der Waals surface area contributed by atoms with Crippen molar-refractivity contribution in [3.05, 3.63) is 0 Å². The normalized spacial score (nSPS) is 14.0. The van der Waals surface area contributed by atoms with Crippen LogP contribution in [0.25, 0.3) is 0 Å². The lowest BCUT2D eigenvalue weighted by molar-refractivity contribution is -0.326. The second kappa shape index (κ2) is 4.73. The third-order valence-corrected chi connectivity index (χ3v) is 2.09. The van der Waals surface area contributed by atoms with E-state index in [0.717, 1.165) is 0 Å². The van der Waals surface area contributed by atoms with Crippen LogP contribution in [0.1, 0.15) is 20.8 Å². The summed E-state index contributed by atoms with van der Waals surface area (Å²) >= 11 is 0. The maximum atomic E-state index is 12.4. The van der Waals surface area contributed by atoms with Crippen molar-refractivity contribution in [1.29, 1.82) is 0 Å². The van der Waals surface area contributed by atoms with Crippen LogP contribution in [0.5, 0.6) is 0 Å². The van der Waals surface area contributed by atoms with Crippen LogP contribution in [0.3, 0.4) is 0 Å². The monoisotopic (exact) mass is 266 g/mol. The summed E-state index contributed by atoms with van der Waals surface area (Å²) in [6.45, 7) is 2.26. The van der Waals surface area contributed by atoms with Gasteiger partial charge in [-0.2, -0.15) is 26.3 Å². The molecule has 0 N–H and O–H groups in total. The van der Waals surface area contributed by atoms with Crippen LogP contribution in [0, 0.1) is 11.3 Å². The van der Waals surface area contributed by atoms with E-state index in [9.17, 15) is 31.1 Å². The molecule has 0 fully saturated rings. The summed E-state index contributed by atoms with van der Waals surface area (Å²) in [5, 5.41) is 0. The van der Waals surface area contributed by atoms with E-state index in [4.69, 9.17) is 0 Å². The summed E-state index contributed by atoms with van der Waals surface area (Å²) < 4.78 is 78.2. The lowest BCUT2D eigenvalue weighted by Gasteiger charge is -2.31. The van der Waals surface area contributed by atoms with Gasteiger partial charge in [-0.05, 0) is 12.8 Å². The van der Waals surface area contributed by atoms with Crippen LogP contribution in [-0.4, -0.2) is 24.9 Å². The maximum absolute atomic E-state index is 12.4. The van der Waals surface area contributed by atoms with Crippen LogP contribution in [0.4, 0.5) is 26.3 Å². The minimum atomic E-state index is -5.75. The van der Waals surface area contributed by atoms with E-state index in [1.165, 1.54) is 13.8 Å². The SMILES string of the molecule is CC(C)COC(=O)C(C)(C(F)(F)F)C(F)(F)F. The van der Waals surface area contributed by atoms with Crippen molar-refractivity contribution in [3.8, 4) is 0 Å². The Morgan fingerprint density at radius 1 is 1.06 bits per heavy atom. The van der Waals surface area contributed by atoms with E-state index in [2.05, 4.69) is 4.74 Å². The molecule has 0 radical (unpaired) electrons. The number of hydrogen-bond acceptors (Lipinski definition) is 2. The summed E-state index contributed by atoms with van der Waals surface area (Å²) in [6.07, 6.45) is -11.5. The molecule has 0 rings (SSSR count). The summed E-state index contributed by atoms with van der Waals surface area (Å²) in [5.74, 6) is -2.68. The van der Waals surface area contributed by atoms with E-state index in [0.29, 0.717) is 0 Å². The van der Waals surface area contributed by atoms with Gasteiger partial charge >= 0.3 is 18.3 Å². The summed E-state index contributed by atoms with van der Waals surface area (Å²) in [6, 6.07) is 0. The van der Waals surface area contributed by atoms with Crippen molar-refractivity contribution < 1.29 is 35.9 Å². The number of hydrogen-bond donors (Lipinski definition) is 0. The van der Waals surface area contributed by atoms with E-state index in [1.807, 2.05) is 0 Å². The quantitative estimate of drug-likeness (QED) is 0.578. The van der Waals surface area contributed by atoms with Gasteiger partial charge in [-0.3, -0.25) is 4.79 Å². The largest absolute Gasteiger partial charge is 0.465 e. The molecular formula is C9H12F6O2. The van der Waals surface area contributed by atoms with Crippen molar-refractivity contribution in [2.24, 2.45) is 11.3 Å². The fourth-order valence-electron chi connectivity index (χ4n) is 0.779. The van der Waals surface area contributed by atoms with Gasteiger partial charge in [-0.1, -0.05) is 13.8 Å². The number of alkyl halides is 6. The van der Waals surface area contributed by atoms with Crippen LogP contribution >= 0.6 is 0 Å². The standard InChI is InChI=1S/C9H12F6O2/c1-5(2)4-17-6(16)7(3,8(10,11)12)9(13,14)15/h5H,4H2,1-3H3. The Bertz CT molecular complexity index is 264. The summed E-state index contributed by atoms with van der Waals surface area (Å²) in [5.41, 5.74) is -4.49. The van der Waals surface area contributed by atoms with Gasteiger partial charge in [0.25, 0.3) is 5.41 Å². The number of esters is 1. The van der Waals surface area contributed by atoms with Gasteiger partial charge in [0.2, 0.25) is 0 Å². The minimum Gasteiger partial charge on any atom is -0.465 e. The Morgan fingerprint density at radius 2 is 1.41 bits per heavy atom. The predicted octanol–water partition coefficient (Wildman–Crippen LogP) is 3.32. The molecular weight excluding hydrogens is 254 g/mol. The molecule has 0 amide bonds. The summed E-state index contributed by atoms with van der Waals surface area (Å²) in [7, 11) is 0. The number of carbonyl (C=O) groups excluding carboxylic acids is 1. The van der Waals surface area contributed by atoms with Crippen molar-refractivity contribution in [1.82, 2.24) is 0 Å². The molecule has 0 aliphatic heterocycles. The molecule has 17 heavy (non-hydrogen) atoms. The molecule has 0 saturated heterocycles.